The first-order chi connectivity index (χ1) is 17.8. The Morgan fingerprint density at radius 3 is 2.22 bits per heavy atom. The molecule has 0 aliphatic heterocycles. The average Bonchev–Trinajstić information content (AvgIpc) is 3.48. The van der Waals surface area contributed by atoms with Gasteiger partial charge in [0.2, 0.25) is 0 Å². The number of thiophene rings is 1. The van der Waals surface area contributed by atoms with E-state index >= 15 is 0 Å². The number of benzene rings is 5. The van der Waals surface area contributed by atoms with E-state index in [4.69, 9.17) is 5.73 Å². The van der Waals surface area contributed by atoms with Gasteiger partial charge in [0.05, 0.1) is 17.6 Å². The summed E-state index contributed by atoms with van der Waals surface area (Å²) in [5.41, 5.74) is 11.9. The number of amidine groups is 1. The molecule has 0 radical (unpaired) electrons. The highest BCUT2D eigenvalue weighted by molar-refractivity contribution is 7.26. The summed E-state index contributed by atoms with van der Waals surface area (Å²) in [6.07, 6.45) is 0. The van der Waals surface area contributed by atoms with Crippen molar-refractivity contribution < 1.29 is 0 Å². The fourth-order valence-electron chi connectivity index (χ4n) is 5.16. The Labute approximate surface area is 212 Å². The molecule has 7 aromatic rings. The maximum atomic E-state index is 6.21. The van der Waals surface area contributed by atoms with E-state index < -0.39 is 0 Å². The Morgan fingerprint density at radius 1 is 0.667 bits per heavy atom. The van der Waals surface area contributed by atoms with Crippen LogP contribution < -0.4 is 5.73 Å². The van der Waals surface area contributed by atoms with Crippen molar-refractivity contribution in [2.24, 2.45) is 10.7 Å². The van der Waals surface area contributed by atoms with Gasteiger partial charge in [-0.25, -0.2) is 0 Å². The summed E-state index contributed by atoms with van der Waals surface area (Å²) in [6.45, 7) is 0.549. The largest absolute Gasteiger partial charge is 0.383 e. The van der Waals surface area contributed by atoms with Gasteiger partial charge in [0.15, 0.2) is 0 Å². The van der Waals surface area contributed by atoms with Crippen LogP contribution >= 0.6 is 11.3 Å². The molecule has 172 valence electrons. The zero-order valence-corrected chi connectivity index (χ0v) is 20.4. The fraction of sp³-hybridized carbons (Fsp3) is 0.0312. The summed E-state index contributed by atoms with van der Waals surface area (Å²) >= 11 is 1.86. The molecule has 4 heteroatoms. The standard InChI is InChI=1S/C32H23N3S/c33-32(22-8-2-1-3-9-22)34-20-21-14-16-23(17-15-21)35-27-12-6-4-10-24(27)25-18-19-29-30(31(25)35)26-11-5-7-13-28(26)36-29/h1-19H,20H2,(H2,33,34). The topological polar surface area (TPSA) is 43.3 Å². The van der Waals surface area contributed by atoms with Gasteiger partial charge in [0.1, 0.15) is 5.84 Å². The van der Waals surface area contributed by atoms with Gasteiger partial charge in [0.25, 0.3) is 0 Å². The molecule has 2 aromatic heterocycles. The second-order valence-corrected chi connectivity index (χ2v) is 10.1. The van der Waals surface area contributed by atoms with E-state index in [2.05, 4.69) is 94.5 Å². The van der Waals surface area contributed by atoms with Crippen molar-refractivity contribution in [3.63, 3.8) is 0 Å². The summed E-state index contributed by atoms with van der Waals surface area (Å²) < 4.78 is 5.05. The number of rotatable bonds is 4. The second kappa shape index (κ2) is 8.36. The predicted octanol–water partition coefficient (Wildman–Crippen LogP) is 8.06. The molecule has 0 saturated heterocycles. The average molecular weight is 482 g/mol. The lowest BCUT2D eigenvalue weighted by Gasteiger charge is -2.10. The first-order valence-corrected chi connectivity index (χ1v) is 12.9. The molecule has 36 heavy (non-hydrogen) atoms. The lowest BCUT2D eigenvalue weighted by atomic mass is 10.1. The molecular weight excluding hydrogens is 458 g/mol. The Bertz CT molecular complexity index is 1910. The van der Waals surface area contributed by atoms with Gasteiger partial charge in [-0.15, -0.1) is 11.3 Å². The number of fused-ring (bicyclic) bond motifs is 7. The first kappa shape index (κ1) is 20.9. The van der Waals surface area contributed by atoms with E-state index in [9.17, 15) is 0 Å². The Balaban J connectivity index is 1.39. The van der Waals surface area contributed by atoms with E-state index in [0.717, 1.165) is 16.8 Å². The molecule has 0 amide bonds. The molecule has 0 bridgehead atoms. The van der Waals surface area contributed by atoms with E-state index in [1.54, 1.807) is 0 Å². The molecule has 0 atom stereocenters. The summed E-state index contributed by atoms with van der Waals surface area (Å²) in [5, 5.41) is 5.20. The van der Waals surface area contributed by atoms with Gasteiger partial charge in [-0.2, -0.15) is 0 Å². The van der Waals surface area contributed by atoms with Gasteiger partial charge in [-0.1, -0.05) is 84.9 Å². The minimum atomic E-state index is 0.549. The van der Waals surface area contributed by atoms with Crippen LogP contribution in [-0.2, 0) is 6.54 Å². The number of nitrogens with two attached hydrogens (primary N) is 1. The SMILES string of the molecule is N/C(=N\Cc1ccc(-n2c3ccccc3c3ccc4sc5ccccc5c4c32)cc1)c1ccccc1. The monoisotopic (exact) mass is 481 g/mol. The highest BCUT2D eigenvalue weighted by Crippen LogP contribution is 2.42. The van der Waals surface area contributed by atoms with Gasteiger partial charge in [-0.3, -0.25) is 4.99 Å². The van der Waals surface area contributed by atoms with Crippen molar-refractivity contribution in [1.29, 1.82) is 0 Å². The van der Waals surface area contributed by atoms with Crippen molar-refractivity contribution in [2.45, 2.75) is 6.54 Å². The molecule has 0 aliphatic rings. The van der Waals surface area contributed by atoms with Crippen LogP contribution in [-0.4, -0.2) is 10.4 Å². The first-order valence-electron chi connectivity index (χ1n) is 12.1. The minimum Gasteiger partial charge on any atom is -0.383 e. The number of para-hydroxylation sites is 1. The summed E-state index contributed by atoms with van der Waals surface area (Å²) in [5.74, 6) is 0.564. The Morgan fingerprint density at radius 2 is 1.39 bits per heavy atom. The smallest absolute Gasteiger partial charge is 0.125 e. The van der Waals surface area contributed by atoms with Crippen LogP contribution in [0.4, 0.5) is 0 Å². The highest BCUT2D eigenvalue weighted by atomic mass is 32.1. The maximum absolute atomic E-state index is 6.21. The summed E-state index contributed by atoms with van der Waals surface area (Å²) in [7, 11) is 0. The van der Waals surface area contributed by atoms with Crippen molar-refractivity contribution in [2.75, 3.05) is 0 Å². The fourth-order valence-corrected chi connectivity index (χ4v) is 6.27. The number of nitrogens with zero attached hydrogens (tertiary/aromatic N) is 2. The van der Waals surface area contributed by atoms with E-state index in [-0.39, 0.29) is 0 Å². The van der Waals surface area contributed by atoms with Crippen LogP contribution in [0.15, 0.2) is 120 Å². The summed E-state index contributed by atoms with van der Waals surface area (Å²) in [6, 6.07) is 40.6. The van der Waals surface area contributed by atoms with Gasteiger partial charge in [-0.05, 0) is 35.9 Å². The normalized spacial score (nSPS) is 12.3. The van der Waals surface area contributed by atoms with Crippen LogP contribution in [0.25, 0.3) is 47.7 Å². The minimum absolute atomic E-state index is 0.549. The zero-order valence-electron chi connectivity index (χ0n) is 19.6. The number of aliphatic imine (C=N–C) groups is 1. The molecule has 0 unspecified atom stereocenters. The molecule has 2 heterocycles. The molecule has 0 fully saturated rings. The van der Waals surface area contributed by atoms with Crippen molar-refractivity contribution >= 4 is 59.2 Å². The Hall–Kier alpha value is -4.41. The lowest BCUT2D eigenvalue weighted by molar-refractivity contribution is 1.06. The van der Waals surface area contributed by atoms with Crippen LogP contribution in [0.3, 0.4) is 0 Å². The molecule has 5 aromatic carbocycles. The van der Waals surface area contributed by atoms with E-state index in [0.29, 0.717) is 12.4 Å². The Kier molecular flexibility index (Phi) is 4.86. The van der Waals surface area contributed by atoms with Crippen LogP contribution in [0.5, 0.6) is 0 Å². The molecule has 0 aliphatic carbocycles. The van der Waals surface area contributed by atoms with Crippen molar-refractivity contribution in [1.82, 2.24) is 4.57 Å². The van der Waals surface area contributed by atoms with Crippen molar-refractivity contribution in [3.05, 3.63) is 126 Å². The third-order valence-corrected chi connectivity index (χ3v) is 8.01. The third kappa shape index (κ3) is 3.30. The predicted molar refractivity (Wildman–Crippen MR) is 155 cm³/mol. The van der Waals surface area contributed by atoms with Crippen LogP contribution in [0.1, 0.15) is 11.1 Å². The molecular formula is C32H23N3S. The van der Waals surface area contributed by atoms with Gasteiger partial charge >= 0.3 is 0 Å². The summed E-state index contributed by atoms with van der Waals surface area (Å²) in [4.78, 5) is 4.61. The lowest BCUT2D eigenvalue weighted by Crippen LogP contribution is -2.13. The second-order valence-electron chi connectivity index (χ2n) is 9.02. The quantitative estimate of drug-likeness (QED) is 0.200. The molecule has 2 N–H and O–H groups in total. The van der Waals surface area contributed by atoms with E-state index in [1.165, 1.54) is 42.0 Å². The molecule has 7 rings (SSSR count). The van der Waals surface area contributed by atoms with Crippen molar-refractivity contribution in [3.8, 4) is 5.69 Å². The maximum Gasteiger partial charge on any atom is 0.125 e. The molecule has 0 saturated carbocycles. The third-order valence-electron chi connectivity index (χ3n) is 6.87. The number of hydrogen-bond acceptors (Lipinski definition) is 2. The van der Waals surface area contributed by atoms with E-state index in [1.807, 2.05) is 41.7 Å². The van der Waals surface area contributed by atoms with Gasteiger partial charge in [0, 0.05) is 42.2 Å². The number of aromatic nitrogens is 1. The van der Waals surface area contributed by atoms with Crippen LogP contribution in [0.2, 0.25) is 0 Å². The molecule has 0 spiro atoms. The number of hydrogen-bond donors (Lipinski definition) is 1. The molecule has 3 nitrogen and oxygen atoms in total. The zero-order chi connectivity index (χ0) is 24.1. The van der Waals surface area contributed by atoms with Gasteiger partial charge < -0.3 is 10.3 Å². The highest BCUT2D eigenvalue weighted by Gasteiger charge is 2.17. The van der Waals surface area contributed by atoms with Crippen LogP contribution in [0, 0.1) is 0 Å².